The highest BCUT2D eigenvalue weighted by molar-refractivity contribution is 14.1. The minimum absolute atomic E-state index is 0.548. The molecule has 0 unspecified atom stereocenters. The molecule has 0 aliphatic rings. The Balaban J connectivity index is 2.78. The van der Waals surface area contributed by atoms with E-state index in [1.807, 2.05) is 18.2 Å². The highest BCUT2D eigenvalue weighted by atomic mass is 127. The predicted molar refractivity (Wildman–Crippen MR) is 62.6 cm³/mol. The van der Waals surface area contributed by atoms with Crippen molar-refractivity contribution < 1.29 is 4.74 Å². The van der Waals surface area contributed by atoms with E-state index in [1.165, 1.54) is 0 Å². The maximum atomic E-state index is 5.36. The third kappa shape index (κ3) is 3.15. The number of ether oxygens (including phenoxy) is 1. The third-order valence-electron chi connectivity index (χ3n) is 1.20. The maximum absolute atomic E-state index is 5.36. The Morgan fingerprint density at radius 2 is 2.25 bits per heavy atom. The molecule has 0 bridgehead atoms. The lowest BCUT2D eigenvalue weighted by molar-refractivity contribution is 0.363. The SMILES string of the molecule is C=CCOc1cc(Br)cc(I)c1. The zero-order valence-corrected chi connectivity index (χ0v) is 10.1. The number of hydrogen-bond acceptors (Lipinski definition) is 1. The van der Waals surface area contributed by atoms with Crippen LogP contribution in [0.3, 0.4) is 0 Å². The van der Waals surface area contributed by atoms with Gasteiger partial charge in [-0.3, -0.25) is 0 Å². The molecule has 1 aromatic rings. The summed E-state index contributed by atoms with van der Waals surface area (Å²) in [5.41, 5.74) is 0. The molecule has 12 heavy (non-hydrogen) atoms. The summed E-state index contributed by atoms with van der Waals surface area (Å²) in [6, 6.07) is 5.95. The van der Waals surface area contributed by atoms with Gasteiger partial charge in [0.1, 0.15) is 12.4 Å². The Bertz CT molecular complexity index is 266. The standard InChI is InChI=1S/C9H8BrIO/c1-2-3-12-9-5-7(10)4-8(11)6-9/h2,4-6H,1,3H2. The summed E-state index contributed by atoms with van der Waals surface area (Å²) < 4.78 is 7.55. The van der Waals surface area contributed by atoms with Crippen LogP contribution in [0.2, 0.25) is 0 Å². The van der Waals surface area contributed by atoms with Crippen molar-refractivity contribution in [2.24, 2.45) is 0 Å². The van der Waals surface area contributed by atoms with Gasteiger partial charge in [0.2, 0.25) is 0 Å². The second-order valence-electron chi connectivity index (χ2n) is 2.20. The van der Waals surface area contributed by atoms with E-state index in [9.17, 15) is 0 Å². The van der Waals surface area contributed by atoms with Crippen LogP contribution in [0.5, 0.6) is 5.75 Å². The Labute approximate surface area is 94.1 Å². The van der Waals surface area contributed by atoms with Gasteiger partial charge in [-0.15, -0.1) is 0 Å². The molecule has 3 heteroatoms. The molecule has 0 saturated heterocycles. The average Bonchev–Trinajstić information content (AvgIpc) is 1.99. The fraction of sp³-hybridized carbons (Fsp3) is 0.111. The monoisotopic (exact) mass is 338 g/mol. The van der Waals surface area contributed by atoms with E-state index in [1.54, 1.807) is 6.08 Å². The van der Waals surface area contributed by atoms with Crippen molar-refractivity contribution >= 4 is 38.5 Å². The minimum atomic E-state index is 0.548. The van der Waals surface area contributed by atoms with Crippen molar-refractivity contribution in [3.05, 3.63) is 38.9 Å². The number of halogens is 2. The van der Waals surface area contributed by atoms with Crippen LogP contribution in [-0.2, 0) is 0 Å². The first-order valence-corrected chi connectivity index (χ1v) is 5.29. The normalized spacial score (nSPS) is 9.50. The largest absolute Gasteiger partial charge is 0.489 e. The highest BCUT2D eigenvalue weighted by Crippen LogP contribution is 2.22. The zero-order valence-electron chi connectivity index (χ0n) is 6.39. The molecule has 0 aliphatic heterocycles. The fourth-order valence-electron chi connectivity index (χ4n) is 0.767. The van der Waals surface area contributed by atoms with Crippen LogP contribution in [0.15, 0.2) is 35.3 Å². The van der Waals surface area contributed by atoms with E-state index in [0.29, 0.717) is 6.61 Å². The molecule has 0 atom stereocenters. The van der Waals surface area contributed by atoms with Crippen LogP contribution < -0.4 is 4.74 Å². The summed E-state index contributed by atoms with van der Waals surface area (Å²) in [6.45, 7) is 4.13. The summed E-state index contributed by atoms with van der Waals surface area (Å²) in [6.07, 6.45) is 1.73. The third-order valence-corrected chi connectivity index (χ3v) is 2.28. The van der Waals surface area contributed by atoms with E-state index in [4.69, 9.17) is 4.74 Å². The van der Waals surface area contributed by atoms with Gasteiger partial charge < -0.3 is 4.74 Å². The molecule has 0 N–H and O–H groups in total. The molecule has 0 amide bonds. The van der Waals surface area contributed by atoms with Crippen LogP contribution in [0.1, 0.15) is 0 Å². The van der Waals surface area contributed by atoms with Crippen molar-refractivity contribution in [2.45, 2.75) is 0 Å². The fourth-order valence-corrected chi connectivity index (χ4v) is 2.31. The van der Waals surface area contributed by atoms with Crippen LogP contribution >= 0.6 is 38.5 Å². The van der Waals surface area contributed by atoms with E-state index in [-0.39, 0.29) is 0 Å². The van der Waals surface area contributed by atoms with Crippen molar-refractivity contribution in [1.29, 1.82) is 0 Å². The van der Waals surface area contributed by atoms with Crippen molar-refractivity contribution in [2.75, 3.05) is 6.61 Å². The van der Waals surface area contributed by atoms with E-state index < -0.39 is 0 Å². The molecule has 64 valence electrons. The molecular weight excluding hydrogens is 331 g/mol. The Kier molecular flexibility index (Phi) is 4.08. The van der Waals surface area contributed by atoms with Gasteiger partial charge in [-0.2, -0.15) is 0 Å². The summed E-state index contributed by atoms with van der Waals surface area (Å²) in [5.74, 6) is 0.869. The lowest BCUT2D eigenvalue weighted by Crippen LogP contribution is -1.92. The molecular formula is C9H8BrIO. The molecule has 1 aromatic carbocycles. The van der Waals surface area contributed by atoms with Gasteiger partial charge in [0.05, 0.1) is 0 Å². The molecule has 1 nitrogen and oxygen atoms in total. The quantitative estimate of drug-likeness (QED) is 0.604. The number of rotatable bonds is 3. The smallest absolute Gasteiger partial charge is 0.121 e. The lowest BCUT2D eigenvalue weighted by atomic mass is 10.3. The van der Waals surface area contributed by atoms with Gasteiger partial charge in [0, 0.05) is 8.04 Å². The van der Waals surface area contributed by atoms with Crippen molar-refractivity contribution in [3.63, 3.8) is 0 Å². The van der Waals surface area contributed by atoms with Gasteiger partial charge in [0.25, 0.3) is 0 Å². The van der Waals surface area contributed by atoms with Gasteiger partial charge in [-0.1, -0.05) is 28.6 Å². The second-order valence-corrected chi connectivity index (χ2v) is 4.37. The van der Waals surface area contributed by atoms with Crippen LogP contribution in [0.4, 0.5) is 0 Å². The second kappa shape index (κ2) is 4.87. The summed E-state index contributed by atoms with van der Waals surface area (Å²) in [4.78, 5) is 0. The summed E-state index contributed by atoms with van der Waals surface area (Å²) in [7, 11) is 0. The molecule has 0 radical (unpaired) electrons. The topological polar surface area (TPSA) is 9.23 Å². The van der Waals surface area contributed by atoms with Gasteiger partial charge >= 0.3 is 0 Å². The van der Waals surface area contributed by atoms with Gasteiger partial charge in [-0.05, 0) is 40.8 Å². The van der Waals surface area contributed by atoms with Crippen molar-refractivity contribution in [3.8, 4) is 5.75 Å². The Hall–Kier alpha value is -0.0300. The summed E-state index contributed by atoms with van der Waals surface area (Å²) in [5, 5.41) is 0. The van der Waals surface area contributed by atoms with E-state index >= 15 is 0 Å². The molecule has 0 aromatic heterocycles. The molecule has 0 saturated carbocycles. The first kappa shape index (κ1) is 10.1. The Morgan fingerprint density at radius 3 is 2.83 bits per heavy atom. The zero-order chi connectivity index (χ0) is 8.97. The van der Waals surface area contributed by atoms with Crippen molar-refractivity contribution in [1.82, 2.24) is 0 Å². The summed E-state index contributed by atoms with van der Waals surface area (Å²) >= 11 is 5.64. The first-order valence-electron chi connectivity index (χ1n) is 3.42. The molecule has 0 spiro atoms. The van der Waals surface area contributed by atoms with Crippen LogP contribution in [-0.4, -0.2) is 6.61 Å². The minimum Gasteiger partial charge on any atom is -0.489 e. The molecule has 0 fully saturated rings. The average molecular weight is 339 g/mol. The van der Waals surface area contributed by atoms with Crippen LogP contribution in [0, 0.1) is 3.57 Å². The van der Waals surface area contributed by atoms with Crippen LogP contribution in [0.25, 0.3) is 0 Å². The number of benzene rings is 1. The molecule has 0 heterocycles. The maximum Gasteiger partial charge on any atom is 0.121 e. The predicted octanol–water partition coefficient (Wildman–Crippen LogP) is 3.62. The molecule has 1 rings (SSSR count). The Morgan fingerprint density at radius 1 is 1.50 bits per heavy atom. The van der Waals surface area contributed by atoms with Gasteiger partial charge in [0.15, 0.2) is 0 Å². The van der Waals surface area contributed by atoms with E-state index in [0.717, 1.165) is 13.8 Å². The lowest BCUT2D eigenvalue weighted by Gasteiger charge is -2.03. The number of hydrogen-bond donors (Lipinski definition) is 0. The van der Waals surface area contributed by atoms with E-state index in [2.05, 4.69) is 45.1 Å². The molecule has 0 aliphatic carbocycles. The van der Waals surface area contributed by atoms with Gasteiger partial charge in [-0.25, -0.2) is 0 Å². The first-order chi connectivity index (χ1) is 5.72. The highest BCUT2D eigenvalue weighted by Gasteiger charge is 1.96.